The molecule has 1 N–H and O–H groups in total. The van der Waals surface area contributed by atoms with Crippen LogP contribution in [0.15, 0.2) is 51.8 Å². The zero-order chi connectivity index (χ0) is 22.4. The number of fused-ring (bicyclic) bond motifs is 2. The van der Waals surface area contributed by atoms with Crippen LogP contribution in [0.2, 0.25) is 0 Å². The van der Waals surface area contributed by atoms with E-state index in [2.05, 4.69) is 9.71 Å². The molecule has 0 fully saturated rings. The molecule has 2 aromatic carbocycles. The van der Waals surface area contributed by atoms with Crippen LogP contribution in [0.4, 0.5) is 10.1 Å². The fraction of sp³-hybridized carbons (Fsp3) is 0.348. The number of para-hydroxylation sites is 1. The average molecular weight is 443 g/mol. The smallest absolute Gasteiger partial charge is 0.286 e. The predicted molar refractivity (Wildman–Crippen MR) is 115 cm³/mol. The Hall–Kier alpha value is -2.87. The first-order chi connectivity index (χ1) is 14.7. The molecule has 0 saturated carbocycles. The highest BCUT2D eigenvalue weighted by atomic mass is 32.2. The summed E-state index contributed by atoms with van der Waals surface area (Å²) in [5.41, 5.74) is -0.110. The summed E-state index contributed by atoms with van der Waals surface area (Å²) in [5, 5.41) is 2.89. The van der Waals surface area contributed by atoms with Crippen molar-refractivity contribution in [1.82, 2.24) is 0 Å². The van der Waals surface area contributed by atoms with Crippen LogP contribution >= 0.6 is 0 Å². The second-order valence-corrected chi connectivity index (χ2v) is 9.58. The SMILES string of the molecule is CCCC1(CCC)C(=O)C(C2=NS(=O)(=O)c3ccccc3N2)C(=O)c2cc(F)ccc21. The fourth-order valence-corrected chi connectivity index (χ4v) is 5.98. The summed E-state index contributed by atoms with van der Waals surface area (Å²) in [4.78, 5) is 27.3. The normalized spacial score (nSPS) is 21.0. The lowest BCUT2D eigenvalue weighted by atomic mass is 9.60. The molecule has 1 aliphatic heterocycles. The van der Waals surface area contributed by atoms with Crippen molar-refractivity contribution in [3.8, 4) is 0 Å². The van der Waals surface area contributed by atoms with E-state index in [0.29, 0.717) is 31.2 Å². The van der Waals surface area contributed by atoms with Crippen molar-refractivity contribution >= 4 is 33.1 Å². The summed E-state index contributed by atoms with van der Waals surface area (Å²) in [5.74, 6) is -3.27. The zero-order valence-corrected chi connectivity index (χ0v) is 18.1. The molecule has 1 unspecified atom stereocenters. The molecule has 2 aliphatic rings. The van der Waals surface area contributed by atoms with Crippen molar-refractivity contribution < 1.29 is 22.4 Å². The number of nitrogens with one attached hydrogen (secondary N) is 1. The molecule has 0 radical (unpaired) electrons. The van der Waals surface area contributed by atoms with Gasteiger partial charge in [-0.25, -0.2) is 4.39 Å². The van der Waals surface area contributed by atoms with Crippen molar-refractivity contribution in [3.63, 3.8) is 0 Å². The van der Waals surface area contributed by atoms with E-state index in [1.54, 1.807) is 18.2 Å². The van der Waals surface area contributed by atoms with Gasteiger partial charge in [0, 0.05) is 5.56 Å². The summed E-state index contributed by atoms with van der Waals surface area (Å²) >= 11 is 0. The van der Waals surface area contributed by atoms with E-state index in [1.807, 2.05) is 13.8 Å². The maximum Gasteiger partial charge on any atom is 0.286 e. The van der Waals surface area contributed by atoms with Crippen molar-refractivity contribution in [1.29, 1.82) is 0 Å². The fourth-order valence-electron chi connectivity index (χ4n) is 4.82. The molecule has 8 heteroatoms. The highest BCUT2D eigenvalue weighted by Gasteiger charge is 2.53. The number of sulfonamides is 1. The molecule has 0 aromatic heterocycles. The first-order valence-electron chi connectivity index (χ1n) is 10.3. The van der Waals surface area contributed by atoms with E-state index in [-0.39, 0.29) is 27.8 Å². The maximum absolute atomic E-state index is 14.1. The Kier molecular flexibility index (Phi) is 5.29. The van der Waals surface area contributed by atoms with E-state index >= 15 is 0 Å². The molecule has 0 spiro atoms. The van der Waals surface area contributed by atoms with Crippen LogP contribution in [0.3, 0.4) is 0 Å². The van der Waals surface area contributed by atoms with E-state index < -0.39 is 33.0 Å². The van der Waals surface area contributed by atoms with Gasteiger partial charge >= 0.3 is 0 Å². The number of carbonyl (C=O) groups is 2. The van der Waals surface area contributed by atoms with E-state index in [0.717, 1.165) is 6.07 Å². The Balaban J connectivity index is 1.93. The van der Waals surface area contributed by atoms with Crippen LogP contribution in [0.5, 0.6) is 0 Å². The Morgan fingerprint density at radius 1 is 1.06 bits per heavy atom. The van der Waals surface area contributed by atoms with Gasteiger partial charge in [-0.15, -0.1) is 4.40 Å². The van der Waals surface area contributed by atoms with E-state index in [4.69, 9.17) is 0 Å². The Bertz CT molecular complexity index is 1210. The van der Waals surface area contributed by atoms with Crippen LogP contribution in [0.1, 0.15) is 55.5 Å². The van der Waals surface area contributed by atoms with Gasteiger partial charge in [-0.05, 0) is 42.7 Å². The quantitative estimate of drug-likeness (QED) is 0.699. The maximum atomic E-state index is 14.1. The second-order valence-electron chi connectivity index (χ2n) is 8.01. The molecule has 6 nitrogen and oxygen atoms in total. The minimum Gasteiger partial charge on any atom is -0.341 e. The van der Waals surface area contributed by atoms with E-state index in [9.17, 15) is 22.4 Å². The number of Topliss-reactive ketones (excluding diaryl/α,β-unsaturated/α-hetero) is 2. The predicted octanol–water partition coefficient (Wildman–Crippen LogP) is 4.26. The molecular weight excluding hydrogens is 419 g/mol. The minimum absolute atomic E-state index is 0.0192. The number of carbonyl (C=O) groups excluding carboxylic acids is 2. The third-order valence-electron chi connectivity index (χ3n) is 6.03. The van der Waals surface area contributed by atoms with Gasteiger partial charge in [0.1, 0.15) is 22.5 Å². The van der Waals surface area contributed by atoms with Gasteiger partial charge in [0.15, 0.2) is 11.6 Å². The van der Waals surface area contributed by atoms with Crippen molar-refractivity contribution in [2.24, 2.45) is 10.3 Å². The lowest BCUT2D eigenvalue weighted by Crippen LogP contribution is -2.52. The molecule has 2 aromatic rings. The number of hydrogen-bond acceptors (Lipinski definition) is 5. The monoisotopic (exact) mass is 442 g/mol. The van der Waals surface area contributed by atoms with Gasteiger partial charge in [0.05, 0.1) is 11.1 Å². The van der Waals surface area contributed by atoms with Gasteiger partial charge in [-0.1, -0.05) is 44.9 Å². The molecule has 0 saturated heterocycles. The van der Waals surface area contributed by atoms with Crippen molar-refractivity contribution in [2.45, 2.75) is 49.8 Å². The van der Waals surface area contributed by atoms with Crippen LogP contribution in [-0.2, 0) is 20.2 Å². The minimum atomic E-state index is -4.09. The molecule has 1 heterocycles. The largest absolute Gasteiger partial charge is 0.341 e. The molecule has 1 aliphatic carbocycles. The second kappa shape index (κ2) is 7.67. The lowest BCUT2D eigenvalue weighted by Gasteiger charge is -2.41. The number of hydrogen-bond donors (Lipinski definition) is 1. The van der Waals surface area contributed by atoms with Crippen LogP contribution in [-0.4, -0.2) is 25.8 Å². The third-order valence-corrected chi connectivity index (χ3v) is 7.38. The number of nitrogens with zero attached hydrogens (tertiary/aromatic N) is 1. The summed E-state index contributed by atoms with van der Waals surface area (Å²) < 4.78 is 43.4. The molecule has 0 amide bonds. The first kappa shape index (κ1) is 21.4. The summed E-state index contributed by atoms with van der Waals surface area (Å²) in [6.07, 6.45) is 2.28. The standard InChI is InChI=1S/C23H23FN2O4S/c1-3-11-23(12-4-2)16-10-9-14(24)13-15(16)20(27)19(21(23)28)22-25-17-7-5-6-8-18(17)31(29,30)26-22/h5-10,13,19H,3-4,11-12H2,1-2H3,(H,25,26). The van der Waals surface area contributed by atoms with Crippen LogP contribution in [0.25, 0.3) is 0 Å². The number of anilines is 1. The number of ketones is 2. The van der Waals surface area contributed by atoms with Gasteiger partial charge in [-0.3, -0.25) is 9.59 Å². The van der Waals surface area contributed by atoms with E-state index in [1.165, 1.54) is 18.2 Å². The topological polar surface area (TPSA) is 92.7 Å². The summed E-state index contributed by atoms with van der Waals surface area (Å²) in [6, 6.07) is 10.1. The zero-order valence-electron chi connectivity index (χ0n) is 17.3. The Morgan fingerprint density at radius 3 is 2.42 bits per heavy atom. The third kappa shape index (κ3) is 3.29. The summed E-state index contributed by atoms with van der Waals surface area (Å²) in [6.45, 7) is 3.88. The molecule has 0 bridgehead atoms. The summed E-state index contributed by atoms with van der Waals surface area (Å²) in [7, 11) is -4.09. The highest BCUT2D eigenvalue weighted by molar-refractivity contribution is 7.90. The molecule has 162 valence electrons. The molecule has 4 rings (SSSR count). The van der Waals surface area contributed by atoms with Crippen molar-refractivity contribution in [2.75, 3.05) is 5.32 Å². The van der Waals surface area contributed by atoms with Crippen LogP contribution in [0, 0.1) is 11.7 Å². The number of halogens is 1. The molecular formula is C23H23FN2O4S. The number of benzene rings is 2. The average Bonchev–Trinajstić information content (AvgIpc) is 2.72. The molecule has 1 atom stereocenters. The Labute approximate surface area is 180 Å². The van der Waals surface area contributed by atoms with Gasteiger partial charge in [-0.2, -0.15) is 8.42 Å². The van der Waals surface area contributed by atoms with Crippen molar-refractivity contribution in [3.05, 3.63) is 59.4 Å². The number of amidine groups is 1. The van der Waals surface area contributed by atoms with Gasteiger partial charge in [0.25, 0.3) is 10.0 Å². The lowest BCUT2D eigenvalue weighted by molar-refractivity contribution is -0.126. The van der Waals surface area contributed by atoms with Crippen LogP contribution < -0.4 is 5.32 Å². The Morgan fingerprint density at radius 2 is 1.74 bits per heavy atom. The number of rotatable bonds is 5. The molecule has 31 heavy (non-hydrogen) atoms. The van der Waals surface area contributed by atoms with Gasteiger partial charge < -0.3 is 5.32 Å². The first-order valence-corrected chi connectivity index (χ1v) is 11.8. The van der Waals surface area contributed by atoms with Gasteiger partial charge in [0.2, 0.25) is 0 Å². The highest BCUT2D eigenvalue weighted by Crippen LogP contribution is 2.45.